The summed E-state index contributed by atoms with van der Waals surface area (Å²) in [6.07, 6.45) is 5.71. The molecule has 0 saturated heterocycles. The highest BCUT2D eigenvalue weighted by Gasteiger charge is 2.12. The fourth-order valence-electron chi connectivity index (χ4n) is 3.67. The van der Waals surface area contributed by atoms with Crippen molar-refractivity contribution in [3.05, 3.63) is 89.0 Å². The van der Waals surface area contributed by atoms with Crippen molar-refractivity contribution in [1.29, 1.82) is 0 Å². The zero-order valence-corrected chi connectivity index (χ0v) is 17.8. The van der Waals surface area contributed by atoms with E-state index in [1.807, 2.05) is 48.8 Å². The molecule has 0 aliphatic rings. The molecular formula is C23H17BrFN5O. The Morgan fingerprint density at radius 1 is 1.06 bits per heavy atom. The number of amides is 2. The number of nitrogens with zero attached hydrogens (tertiary/aromatic N) is 2. The van der Waals surface area contributed by atoms with Crippen LogP contribution in [0.3, 0.4) is 0 Å². The summed E-state index contributed by atoms with van der Waals surface area (Å²) < 4.78 is 16.7. The Morgan fingerprint density at radius 3 is 2.84 bits per heavy atom. The van der Waals surface area contributed by atoms with Crippen LogP contribution in [0.2, 0.25) is 0 Å². The number of hydrogen-bond donors (Lipinski definition) is 3. The number of benzene rings is 2. The number of hydrogen-bond acceptors (Lipinski definition) is 2. The molecule has 0 saturated carbocycles. The van der Waals surface area contributed by atoms with Crippen LogP contribution in [0.25, 0.3) is 21.9 Å². The highest BCUT2D eigenvalue weighted by Crippen LogP contribution is 2.27. The van der Waals surface area contributed by atoms with Gasteiger partial charge in [0.2, 0.25) is 0 Å². The summed E-state index contributed by atoms with van der Waals surface area (Å²) in [4.78, 5) is 20.0. The van der Waals surface area contributed by atoms with Crippen molar-refractivity contribution in [3.8, 4) is 0 Å². The van der Waals surface area contributed by atoms with Crippen LogP contribution in [0, 0.1) is 5.82 Å². The first-order valence-corrected chi connectivity index (χ1v) is 10.4. The van der Waals surface area contributed by atoms with Gasteiger partial charge in [-0.2, -0.15) is 0 Å². The van der Waals surface area contributed by atoms with Gasteiger partial charge in [0.1, 0.15) is 11.5 Å². The van der Waals surface area contributed by atoms with Gasteiger partial charge in [-0.05, 0) is 54.1 Å². The van der Waals surface area contributed by atoms with E-state index in [9.17, 15) is 9.18 Å². The largest absolute Gasteiger partial charge is 0.346 e. The lowest BCUT2D eigenvalue weighted by molar-refractivity contribution is 0.262. The zero-order valence-electron chi connectivity index (χ0n) is 16.2. The van der Waals surface area contributed by atoms with E-state index in [0.717, 1.165) is 27.5 Å². The van der Waals surface area contributed by atoms with Gasteiger partial charge in [0.15, 0.2) is 0 Å². The number of carbonyl (C=O) groups is 1. The molecule has 31 heavy (non-hydrogen) atoms. The number of aromatic nitrogens is 3. The maximum atomic E-state index is 13.9. The lowest BCUT2D eigenvalue weighted by Gasteiger charge is -2.11. The lowest BCUT2D eigenvalue weighted by atomic mass is 10.2. The Bertz CT molecular complexity index is 1420. The third-order valence-corrected chi connectivity index (χ3v) is 5.61. The molecule has 6 nitrogen and oxygen atoms in total. The van der Waals surface area contributed by atoms with E-state index in [0.29, 0.717) is 16.7 Å². The summed E-state index contributed by atoms with van der Waals surface area (Å²) in [5.74, 6) is -0.504. The zero-order chi connectivity index (χ0) is 21.4. The molecule has 0 aliphatic carbocycles. The molecule has 0 radical (unpaired) electrons. The SMILES string of the molecule is O=C(Nc1cc(Br)ccc1F)Nc1cccc2c1ccn2Cc1c[nH]c2ncccc12. The van der Waals surface area contributed by atoms with Crippen LogP contribution in [0.5, 0.6) is 0 Å². The Labute approximate surface area is 185 Å². The third-order valence-electron chi connectivity index (χ3n) is 5.12. The molecule has 3 heterocycles. The van der Waals surface area contributed by atoms with Gasteiger partial charge in [-0.1, -0.05) is 22.0 Å². The molecule has 0 fully saturated rings. The summed E-state index contributed by atoms with van der Waals surface area (Å²) in [6, 6.07) is 15.5. The number of urea groups is 1. The summed E-state index contributed by atoms with van der Waals surface area (Å²) in [5.41, 5.74) is 3.70. The van der Waals surface area contributed by atoms with E-state index in [-0.39, 0.29) is 5.69 Å². The molecule has 3 aromatic heterocycles. The molecule has 2 aromatic carbocycles. The quantitative estimate of drug-likeness (QED) is 0.292. The van der Waals surface area contributed by atoms with Crippen LogP contribution in [-0.2, 0) is 6.54 Å². The van der Waals surface area contributed by atoms with Crippen molar-refractivity contribution in [1.82, 2.24) is 14.5 Å². The number of nitrogens with one attached hydrogen (secondary N) is 3. The summed E-state index contributed by atoms with van der Waals surface area (Å²) in [6.45, 7) is 0.661. The number of anilines is 2. The lowest BCUT2D eigenvalue weighted by Crippen LogP contribution is -2.20. The summed E-state index contributed by atoms with van der Waals surface area (Å²) >= 11 is 3.28. The number of pyridine rings is 1. The van der Waals surface area contributed by atoms with E-state index in [1.54, 1.807) is 12.3 Å². The number of carbonyl (C=O) groups excluding carboxylic acids is 1. The first-order chi connectivity index (χ1) is 15.1. The fourth-order valence-corrected chi connectivity index (χ4v) is 4.03. The van der Waals surface area contributed by atoms with Crippen molar-refractivity contribution < 1.29 is 9.18 Å². The van der Waals surface area contributed by atoms with Crippen molar-refractivity contribution in [3.63, 3.8) is 0 Å². The highest BCUT2D eigenvalue weighted by molar-refractivity contribution is 9.10. The monoisotopic (exact) mass is 477 g/mol. The molecule has 8 heteroatoms. The first kappa shape index (κ1) is 19.3. The normalized spacial score (nSPS) is 11.2. The predicted octanol–water partition coefficient (Wildman–Crippen LogP) is 6.11. The van der Waals surface area contributed by atoms with Gasteiger partial charge in [0.25, 0.3) is 0 Å². The molecule has 0 atom stereocenters. The van der Waals surface area contributed by atoms with Crippen molar-refractivity contribution >= 4 is 55.3 Å². The average Bonchev–Trinajstić information content (AvgIpc) is 3.36. The number of aromatic amines is 1. The molecule has 3 N–H and O–H groups in total. The Morgan fingerprint density at radius 2 is 1.94 bits per heavy atom. The number of H-pyrrole nitrogens is 1. The van der Waals surface area contributed by atoms with Crippen LogP contribution in [0.15, 0.2) is 77.7 Å². The van der Waals surface area contributed by atoms with E-state index in [1.165, 1.54) is 12.1 Å². The van der Waals surface area contributed by atoms with E-state index in [2.05, 4.69) is 41.1 Å². The Hall–Kier alpha value is -3.65. The minimum absolute atomic E-state index is 0.101. The molecule has 0 bridgehead atoms. The second-order valence-corrected chi connectivity index (χ2v) is 8.01. The van der Waals surface area contributed by atoms with Gasteiger partial charge in [-0.25, -0.2) is 14.2 Å². The van der Waals surface area contributed by atoms with Gasteiger partial charge >= 0.3 is 6.03 Å². The first-order valence-electron chi connectivity index (χ1n) is 9.60. The van der Waals surface area contributed by atoms with Crippen LogP contribution >= 0.6 is 15.9 Å². The van der Waals surface area contributed by atoms with Gasteiger partial charge in [-0.3, -0.25) is 0 Å². The fraction of sp³-hybridized carbons (Fsp3) is 0.0435. The van der Waals surface area contributed by atoms with Gasteiger partial charge < -0.3 is 20.2 Å². The minimum Gasteiger partial charge on any atom is -0.346 e. The molecular weight excluding hydrogens is 461 g/mol. The van der Waals surface area contributed by atoms with Gasteiger partial charge in [0.05, 0.1) is 16.9 Å². The van der Waals surface area contributed by atoms with Crippen molar-refractivity contribution in [2.75, 3.05) is 10.6 Å². The minimum atomic E-state index is -0.514. The molecule has 154 valence electrons. The predicted molar refractivity (Wildman–Crippen MR) is 124 cm³/mol. The Kier molecular flexibility index (Phi) is 4.91. The molecule has 5 rings (SSSR count). The standard InChI is InChI=1S/C23H17BrFN5O/c24-15-6-7-18(25)20(11-15)29-23(31)28-19-4-1-5-21-17(19)8-10-30(21)13-14-12-27-22-16(14)3-2-9-26-22/h1-12H,13H2,(H,26,27)(H2,28,29,31). The summed E-state index contributed by atoms with van der Waals surface area (Å²) in [7, 11) is 0. The Balaban J connectivity index is 1.40. The van der Waals surface area contributed by atoms with Crippen LogP contribution < -0.4 is 10.6 Å². The third kappa shape index (κ3) is 3.77. The topological polar surface area (TPSA) is 74.7 Å². The maximum Gasteiger partial charge on any atom is 0.323 e. The van der Waals surface area contributed by atoms with Crippen LogP contribution in [-0.4, -0.2) is 20.6 Å². The maximum absolute atomic E-state index is 13.9. The summed E-state index contributed by atoms with van der Waals surface area (Å²) in [5, 5.41) is 7.35. The van der Waals surface area contributed by atoms with Crippen molar-refractivity contribution in [2.24, 2.45) is 0 Å². The molecule has 0 unspecified atom stereocenters. The number of halogens is 2. The number of fused-ring (bicyclic) bond motifs is 2. The van der Waals surface area contributed by atoms with E-state index in [4.69, 9.17) is 0 Å². The molecule has 0 spiro atoms. The molecule has 5 aromatic rings. The van der Waals surface area contributed by atoms with Crippen LogP contribution in [0.4, 0.5) is 20.6 Å². The number of rotatable bonds is 4. The molecule has 2 amide bonds. The van der Waals surface area contributed by atoms with Crippen molar-refractivity contribution in [2.45, 2.75) is 6.54 Å². The van der Waals surface area contributed by atoms with Gasteiger partial charge in [0, 0.05) is 40.4 Å². The van der Waals surface area contributed by atoms with Gasteiger partial charge in [-0.15, -0.1) is 0 Å². The average molecular weight is 478 g/mol. The molecule has 0 aliphatic heterocycles. The second kappa shape index (κ2) is 7.88. The second-order valence-electron chi connectivity index (χ2n) is 7.10. The smallest absolute Gasteiger partial charge is 0.323 e. The van der Waals surface area contributed by atoms with Crippen LogP contribution in [0.1, 0.15) is 5.56 Å². The highest BCUT2D eigenvalue weighted by atomic mass is 79.9. The van der Waals surface area contributed by atoms with E-state index < -0.39 is 11.8 Å². The van der Waals surface area contributed by atoms with E-state index >= 15 is 0 Å².